The van der Waals surface area contributed by atoms with Gasteiger partial charge >= 0.3 is 5.97 Å². The van der Waals surface area contributed by atoms with E-state index in [0.29, 0.717) is 16.3 Å². The number of rotatable bonds is 4. The van der Waals surface area contributed by atoms with E-state index in [1.54, 1.807) is 19.9 Å². The summed E-state index contributed by atoms with van der Waals surface area (Å²) in [4.78, 5) is 28.2. The van der Waals surface area contributed by atoms with Crippen molar-refractivity contribution in [2.75, 3.05) is 6.61 Å². The van der Waals surface area contributed by atoms with E-state index in [4.69, 9.17) is 39.5 Å². The number of benzene rings is 1. The number of aromatic nitrogens is 1. The molecule has 0 amide bonds. The smallest absolute Gasteiger partial charge is 0.342 e. The zero-order chi connectivity index (χ0) is 17.1. The van der Waals surface area contributed by atoms with Crippen LogP contribution in [0.3, 0.4) is 0 Å². The van der Waals surface area contributed by atoms with Crippen molar-refractivity contribution in [2.24, 2.45) is 0 Å². The van der Waals surface area contributed by atoms with Crippen LogP contribution in [0.5, 0.6) is 0 Å². The summed E-state index contributed by atoms with van der Waals surface area (Å²) in [6, 6.07) is 6.17. The quantitative estimate of drug-likeness (QED) is 0.443. The number of carbonyl (C=O) groups excluding carboxylic acids is 2. The number of ether oxygens (including phenoxy) is 1. The van der Waals surface area contributed by atoms with Gasteiger partial charge in [0.15, 0.2) is 6.61 Å². The summed E-state index contributed by atoms with van der Waals surface area (Å²) in [5.74, 6) is -1.15. The van der Waals surface area contributed by atoms with Crippen LogP contribution in [0.2, 0.25) is 15.2 Å². The van der Waals surface area contributed by atoms with E-state index in [2.05, 4.69) is 4.98 Å². The third kappa shape index (κ3) is 4.22. The minimum absolute atomic E-state index is 0.0458. The van der Waals surface area contributed by atoms with Crippen molar-refractivity contribution >= 4 is 46.6 Å². The lowest BCUT2D eigenvalue weighted by molar-refractivity contribution is 0.0473. The van der Waals surface area contributed by atoms with Crippen LogP contribution in [0.1, 0.15) is 32.0 Å². The Morgan fingerprint density at radius 1 is 1.13 bits per heavy atom. The summed E-state index contributed by atoms with van der Waals surface area (Å²) in [5.41, 5.74) is 1.69. The van der Waals surface area contributed by atoms with Gasteiger partial charge in [0, 0.05) is 16.3 Å². The second-order valence-corrected chi connectivity index (χ2v) is 6.07. The summed E-state index contributed by atoms with van der Waals surface area (Å²) in [7, 11) is 0. The lowest BCUT2D eigenvalue weighted by Gasteiger charge is -2.09. The molecule has 0 radical (unpaired) electrons. The van der Waals surface area contributed by atoms with Gasteiger partial charge in [-0.05, 0) is 43.7 Å². The van der Waals surface area contributed by atoms with Gasteiger partial charge in [0.1, 0.15) is 5.15 Å². The Hall–Kier alpha value is -1.62. The highest BCUT2D eigenvalue weighted by Gasteiger charge is 2.19. The topological polar surface area (TPSA) is 56.3 Å². The first kappa shape index (κ1) is 17.7. The van der Waals surface area contributed by atoms with Crippen molar-refractivity contribution in [3.63, 3.8) is 0 Å². The second kappa shape index (κ2) is 7.30. The van der Waals surface area contributed by atoms with E-state index < -0.39 is 18.4 Å². The van der Waals surface area contributed by atoms with Crippen LogP contribution in [0.4, 0.5) is 0 Å². The summed E-state index contributed by atoms with van der Waals surface area (Å²) in [6.07, 6.45) is 0. The number of aryl methyl sites for hydroxylation is 2. The van der Waals surface area contributed by atoms with E-state index in [-0.39, 0.29) is 21.3 Å². The minimum Gasteiger partial charge on any atom is -0.454 e. The Morgan fingerprint density at radius 2 is 1.83 bits per heavy atom. The predicted octanol–water partition coefficient (Wildman–Crippen LogP) is 4.70. The van der Waals surface area contributed by atoms with E-state index in [9.17, 15) is 9.59 Å². The zero-order valence-electron chi connectivity index (χ0n) is 12.3. The van der Waals surface area contributed by atoms with Gasteiger partial charge in [-0.1, -0.05) is 34.8 Å². The van der Waals surface area contributed by atoms with Gasteiger partial charge in [-0.2, -0.15) is 0 Å². The SMILES string of the molecule is Cc1cc(C)c(C(=O)OCC(=O)c2ccc(Cl)cc2Cl)c(Cl)n1. The summed E-state index contributed by atoms with van der Waals surface area (Å²) >= 11 is 17.7. The Balaban J connectivity index is 2.12. The molecule has 120 valence electrons. The van der Waals surface area contributed by atoms with Crippen molar-refractivity contribution in [1.29, 1.82) is 0 Å². The van der Waals surface area contributed by atoms with Gasteiger partial charge in [-0.25, -0.2) is 9.78 Å². The van der Waals surface area contributed by atoms with Crippen molar-refractivity contribution in [2.45, 2.75) is 13.8 Å². The van der Waals surface area contributed by atoms with Gasteiger partial charge in [0.2, 0.25) is 5.78 Å². The van der Waals surface area contributed by atoms with Crippen LogP contribution in [-0.2, 0) is 4.74 Å². The van der Waals surface area contributed by atoms with E-state index in [1.807, 2.05) is 0 Å². The number of esters is 1. The highest BCUT2D eigenvalue weighted by molar-refractivity contribution is 6.37. The molecule has 4 nitrogen and oxygen atoms in total. The van der Waals surface area contributed by atoms with Crippen LogP contribution in [0.25, 0.3) is 0 Å². The average Bonchev–Trinajstić information content (AvgIpc) is 2.43. The Kier molecular flexibility index (Phi) is 5.63. The summed E-state index contributed by atoms with van der Waals surface area (Å²) in [6.45, 7) is 3.03. The number of hydrogen-bond donors (Lipinski definition) is 0. The number of nitrogens with zero attached hydrogens (tertiary/aromatic N) is 1. The van der Waals surface area contributed by atoms with Crippen molar-refractivity contribution in [3.05, 3.63) is 61.8 Å². The molecule has 23 heavy (non-hydrogen) atoms. The van der Waals surface area contributed by atoms with Crippen molar-refractivity contribution in [3.8, 4) is 0 Å². The first-order valence-electron chi connectivity index (χ1n) is 6.58. The number of hydrogen-bond acceptors (Lipinski definition) is 4. The lowest BCUT2D eigenvalue weighted by Crippen LogP contribution is -2.16. The van der Waals surface area contributed by atoms with Crippen LogP contribution >= 0.6 is 34.8 Å². The second-order valence-electron chi connectivity index (χ2n) is 4.87. The highest BCUT2D eigenvalue weighted by Crippen LogP contribution is 2.22. The molecular formula is C16H12Cl3NO3. The molecule has 0 saturated heterocycles. The van der Waals surface area contributed by atoms with Crippen LogP contribution in [-0.4, -0.2) is 23.3 Å². The number of Topliss-reactive ketones (excluding diaryl/α,β-unsaturated/α-hetero) is 1. The maximum absolute atomic E-state index is 12.1. The summed E-state index contributed by atoms with van der Waals surface area (Å²) in [5, 5.41) is 0.658. The van der Waals surface area contributed by atoms with Gasteiger partial charge in [-0.15, -0.1) is 0 Å². The molecule has 0 N–H and O–H groups in total. The van der Waals surface area contributed by atoms with Gasteiger partial charge in [0.25, 0.3) is 0 Å². The van der Waals surface area contributed by atoms with Crippen LogP contribution in [0, 0.1) is 13.8 Å². The fourth-order valence-corrected chi connectivity index (χ4v) is 2.91. The van der Waals surface area contributed by atoms with E-state index >= 15 is 0 Å². The maximum Gasteiger partial charge on any atom is 0.342 e. The summed E-state index contributed by atoms with van der Waals surface area (Å²) < 4.78 is 5.03. The first-order valence-corrected chi connectivity index (χ1v) is 7.72. The molecule has 2 aromatic rings. The molecule has 0 fully saturated rings. The Morgan fingerprint density at radius 3 is 2.43 bits per heavy atom. The maximum atomic E-state index is 12.1. The molecule has 0 atom stereocenters. The number of ketones is 1. The molecule has 0 spiro atoms. The van der Waals surface area contributed by atoms with Crippen molar-refractivity contribution < 1.29 is 14.3 Å². The van der Waals surface area contributed by atoms with Crippen molar-refractivity contribution in [1.82, 2.24) is 4.98 Å². The molecule has 0 aliphatic carbocycles. The minimum atomic E-state index is -0.710. The van der Waals surface area contributed by atoms with Gasteiger partial charge in [-0.3, -0.25) is 4.79 Å². The molecular weight excluding hydrogens is 361 g/mol. The van der Waals surface area contributed by atoms with E-state index in [1.165, 1.54) is 18.2 Å². The third-order valence-corrected chi connectivity index (χ3v) is 3.89. The van der Waals surface area contributed by atoms with Crippen LogP contribution < -0.4 is 0 Å². The average molecular weight is 373 g/mol. The van der Waals surface area contributed by atoms with Crippen LogP contribution in [0.15, 0.2) is 24.3 Å². The molecule has 2 rings (SSSR count). The fraction of sp³-hybridized carbons (Fsp3) is 0.188. The third-order valence-electron chi connectivity index (χ3n) is 3.07. The highest BCUT2D eigenvalue weighted by atomic mass is 35.5. The molecule has 0 unspecified atom stereocenters. The number of carbonyl (C=O) groups is 2. The molecule has 1 aromatic carbocycles. The molecule has 0 aliphatic heterocycles. The molecule has 1 heterocycles. The molecule has 0 aliphatic rings. The Labute approximate surface area is 148 Å². The molecule has 7 heteroatoms. The number of halogens is 3. The molecule has 0 saturated carbocycles. The van der Waals surface area contributed by atoms with Gasteiger partial charge < -0.3 is 4.74 Å². The predicted molar refractivity (Wildman–Crippen MR) is 89.8 cm³/mol. The molecule has 1 aromatic heterocycles. The standard InChI is InChI=1S/C16H12Cl3NO3/c1-8-5-9(2)20-15(19)14(8)16(22)23-7-13(21)11-4-3-10(17)6-12(11)18/h3-6H,7H2,1-2H3. The number of pyridine rings is 1. The fourth-order valence-electron chi connectivity index (χ4n) is 2.03. The van der Waals surface area contributed by atoms with E-state index in [0.717, 1.165) is 0 Å². The largest absolute Gasteiger partial charge is 0.454 e. The lowest BCUT2D eigenvalue weighted by atomic mass is 10.1. The Bertz CT molecular complexity index is 767. The first-order chi connectivity index (χ1) is 10.8. The molecule has 0 bridgehead atoms. The normalized spacial score (nSPS) is 10.5. The zero-order valence-corrected chi connectivity index (χ0v) is 14.6. The monoisotopic (exact) mass is 371 g/mol. The van der Waals surface area contributed by atoms with Gasteiger partial charge in [0.05, 0.1) is 10.6 Å².